The average molecular weight is 238 g/mol. The molecule has 6 nitrogen and oxygen atoms in total. The van der Waals surface area contributed by atoms with Crippen LogP contribution in [0.4, 0.5) is 0 Å². The topological polar surface area (TPSA) is 113 Å². The largest absolute Gasteiger partial charge is 0.369 e. The van der Waals surface area contributed by atoms with Crippen molar-refractivity contribution in [2.45, 2.75) is 31.7 Å². The minimum absolute atomic E-state index is 0.0220. The molecule has 1 saturated carbocycles. The maximum atomic E-state index is 11.0. The molecular weight excluding hydrogens is 220 g/mol. The zero-order chi connectivity index (χ0) is 12.8. The number of nitriles is 1. The first-order chi connectivity index (χ1) is 8.04. The highest BCUT2D eigenvalue weighted by Gasteiger charge is 2.31. The Kier molecular flexibility index (Phi) is 4.91. The van der Waals surface area contributed by atoms with E-state index in [1.807, 2.05) is 0 Å². The fourth-order valence-corrected chi connectivity index (χ4v) is 2.39. The first-order valence-electron chi connectivity index (χ1n) is 5.75. The first kappa shape index (κ1) is 13.5. The van der Waals surface area contributed by atoms with Gasteiger partial charge in [-0.3, -0.25) is 14.5 Å². The van der Waals surface area contributed by atoms with Crippen molar-refractivity contribution in [2.24, 2.45) is 17.4 Å². The van der Waals surface area contributed by atoms with Gasteiger partial charge in [-0.2, -0.15) is 5.26 Å². The predicted octanol–water partition coefficient (Wildman–Crippen LogP) is -0.659. The highest BCUT2D eigenvalue weighted by Crippen LogP contribution is 2.27. The Morgan fingerprint density at radius 1 is 1.18 bits per heavy atom. The molecule has 0 spiro atoms. The lowest BCUT2D eigenvalue weighted by molar-refractivity contribution is -0.123. The van der Waals surface area contributed by atoms with Gasteiger partial charge < -0.3 is 11.5 Å². The fourth-order valence-electron chi connectivity index (χ4n) is 2.39. The van der Waals surface area contributed by atoms with Gasteiger partial charge in [-0.15, -0.1) is 0 Å². The van der Waals surface area contributed by atoms with Gasteiger partial charge in [0.05, 0.1) is 25.1 Å². The Hall–Kier alpha value is -1.61. The molecule has 0 aromatic heterocycles. The summed E-state index contributed by atoms with van der Waals surface area (Å²) in [6, 6.07) is 2.15. The van der Waals surface area contributed by atoms with Crippen LogP contribution in [0.3, 0.4) is 0 Å². The molecule has 1 fully saturated rings. The van der Waals surface area contributed by atoms with Gasteiger partial charge in [0, 0.05) is 6.04 Å². The van der Waals surface area contributed by atoms with E-state index >= 15 is 0 Å². The second kappa shape index (κ2) is 6.21. The van der Waals surface area contributed by atoms with Gasteiger partial charge >= 0.3 is 0 Å². The summed E-state index contributed by atoms with van der Waals surface area (Å²) < 4.78 is 0. The van der Waals surface area contributed by atoms with Gasteiger partial charge in [0.25, 0.3) is 0 Å². The van der Waals surface area contributed by atoms with E-state index in [4.69, 9.17) is 16.7 Å². The molecule has 4 N–H and O–H groups in total. The number of hydrogen-bond donors (Lipinski definition) is 2. The van der Waals surface area contributed by atoms with Gasteiger partial charge in [-0.25, -0.2) is 0 Å². The summed E-state index contributed by atoms with van der Waals surface area (Å²) in [4.78, 5) is 23.6. The predicted molar refractivity (Wildman–Crippen MR) is 61.3 cm³/mol. The van der Waals surface area contributed by atoms with E-state index in [9.17, 15) is 9.59 Å². The molecule has 0 saturated heterocycles. The van der Waals surface area contributed by atoms with Gasteiger partial charge in [0.2, 0.25) is 11.8 Å². The van der Waals surface area contributed by atoms with Crippen LogP contribution in [-0.4, -0.2) is 35.8 Å². The molecule has 2 amide bonds. The molecule has 0 bridgehead atoms. The summed E-state index contributed by atoms with van der Waals surface area (Å²) in [5.74, 6) is -1.16. The Morgan fingerprint density at radius 3 is 2.18 bits per heavy atom. The van der Waals surface area contributed by atoms with Gasteiger partial charge in [-0.05, 0) is 12.8 Å². The minimum Gasteiger partial charge on any atom is -0.369 e. The van der Waals surface area contributed by atoms with Crippen LogP contribution >= 0.6 is 0 Å². The van der Waals surface area contributed by atoms with Crippen molar-refractivity contribution < 1.29 is 9.59 Å². The van der Waals surface area contributed by atoms with Crippen molar-refractivity contribution in [3.05, 3.63) is 0 Å². The maximum absolute atomic E-state index is 11.0. The zero-order valence-electron chi connectivity index (χ0n) is 9.76. The summed E-state index contributed by atoms with van der Waals surface area (Å²) in [5, 5.41) is 9.07. The summed E-state index contributed by atoms with van der Waals surface area (Å²) in [7, 11) is 0. The van der Waals surface area contributed by atoms with Gasteiger partial charge in [0.15, 0.2) is 0 Å². The SMILES string of the molecule is N#CC1CCCCC1N(CC(N)=O)CC(N)=O. The van der Waals surface area contributed by atoms with E-state index in [-0.39, 0.29) is 25.0 Å². The summed E-state index contributed by atoms with van der Waals surface area (Å²) >= 11 is 0. The van der Waals surface area contributed by atoms with Crippen LogP contribution in [0.15, 0.2) is 0 Å². The molecule has 1 rings (SSSR count). The second-order valence-corrected chi connectivity index (χ2v) is 4.43. The van der Waals surface area contributed by atoms with Crippen molar-refractivity contribution in [3.8, 4) is 6.07 Å². The van der Waals surface area contributed by atoms with Crippen LogP contribution in [0.1, 0.15) is 25.7 Å². The van der Waals surface area contributed by atoms with Crippen molar-refractivity contribution in [1.82, 2.24) is 4.90 Å². The highest BCUT2D eigenvalue weighted by atomic mass is 16.2. The molecule has 17 heavy (non-hydrogen) atoms. The van der Waals surface area contributed by atoms with Crippen molar-refractivity contribution >= 4 is 11.8 Å². The lowest BCUT2D eigenvalue weighted by Crippen LogP contribution is -2.49. The summed E-state index contributed by atoms with van der Waals surface area (Å²) in [6.07, 6.45) is 3.61. The molecule has 0 aromatic carbocycles. The molecule has 2 atom stereocenters. The summed E-state index contributed by atoms with van der Waals surface area (Å²) in [6.45, 7) is -0.0441. The maximum Gasteiger partial charge on any atom is 0.231 e. The number of amides is 2. The molecule has 0 aromatic rings. The first-order valence-corrected chi connectivity index (χ1v) is 5.75. The summed E-state index contributed by atoms with van der Waals surface area (Å²) in [5.41, 5.74) is 10.3. The van der Waals surface area contributed by atoms with E-state index in [1.54, 1.807) is 4.90 Å². The molecular formula is C11H18N4O2. The number of nitrogens with two attached hydrogens (primary N) is 2. The molecule has 0 aliphatic heterocycles. The van der Waals surface area contributed by atoms with Gasteiger partial charge in [0.1, 0.15) is 0 Å². The van der Waals surface area contributed by atoms with E-state index in [2.05, 4.69) is 6.07 Å². The third kappa shape index (κ3) is 4.04. The number of carbonyl (C=O) groups excluding carboxylic acids is 2. The third-order valence-corrected chi connectivity index (χ3v) is 3.08. The average Bonchev–Trinajstić information content (AvgIpc) is 2.27. The lowest BCUT2D eigenvalue weighted by atomic mass is 9.84. The second-order valence-electron chi connectivity index (χ2n) is 4.43. The number of primary amides is 2. The van der Waals surface area contributed by atoms with Crippen LogP contribution in [0.2, 0.25) is 0 Å². The van der Waals surface area contributed by atoms with Crippen LogP contribution < -0.4 is 11.5 Å². The Bertz CT molecular complexity index is 321. The van der Waals surface area contributed by atoms with Crippen LogP contribution in [0, 0.1) is 17.2 Å². The molecule has 94 valence electrons. The van der Waals surface area contributed by atoms with Gasteiger partial charge in [-0.1, -0.05) is 12.8 Å². The molecule has 1 aliphatic rings. The van der Waals surface area contributed by atoms with Crippen molar-refractivity contribution in [2.75, 3.05) is 13.1 Å². The normalized spacial score (nSPS) is 24.2. The van der Waals surface area contributed by atoms with E-state index in [0.717, 1.165) is 25.7 Å². The standard InChI is InChI=1S/C11H18N4O2/c12-5-8-3-1-2-4-9(8)15(6-10(13)16)7-11(14)17/h8-9H,1-4,6-7H2,(H2,13,16)(H2,14,17). The lowest BCUT2D eigenvalue weighted by Gasteiger charge is -2.35. The minimum atomic E-state index is -0.506. The fraction of sp³-hybridized carbons (Fsp3) is 0.727. The van der Waals surface area contributed by atoms with E-state index < -0.39 is 11.8 Å². The van der Waals surface area contributed by atoms with E-state index in [0.29, 0.717) is 0 Å². The quantitative estimate of drug-likeness (QED) is 0.661. The van der Waals surface area contributed by atoms with Crippen LogP contribution in [-0.2, 0) is 9.59 Å². The van der Waals surface area contributed by atoms with Crippen LogP contribution in [0.25, 0.3) is 0 Å². The zero-order valence-corrected chi connectivity index (χ0v) is 9.76. The number of nitrogens with zero attached hydrogens (tertiary/aromatic N) is 2. The number of rotatable bonds is 5. The van der Waals surface area contributed by atoms with Crippen LogP contribution in [0.5, 0.6) is 0 Å². The molecule has 2 unspecified atom stereocenters. The molecule has 0 radical (unpaired) electrons. The monoisotopic (exact) mass is 238 g/mol. The Labute approximate surface area is 101 Å². The Morgan fingerprint density at radius 2 is 1.71 bits per heavy atom. The van der Waals surface area contributed by atoms with Crippen molar-refractivity contribution in [1.29, 1.82) is 5.26 Å². The molecule has 1 aliphatic carbocycles. The third-order valence-electron chi connectivity index (χ3n) is 3.08. The highest BCUT2D eigenvalue weighted by molar-refractivity contribution is 5.79. The van der Waals surface area contributed by atoms with E-state index in [1.165, 1.54) is 0 Å². The molecule has 0 heterocycles. The molecule has 6 heteroatoms. The van der Waals surface area contributed by atoms with Crippen molar-refractivity contribution in [3.63, 3.8) is 0 Å². The Balaban J connectivity index is 2.75. The number of hydrogen-bond acceptors (Lipinski definition) is 4. The smallest absolute Gasteiger partial charge is 0.231 e. The number of carbonyl (C=O) groups is 2.